The van der Waals surface area contributed by atoms with E-state index in [-0.39, 0.29) is 18.6 Å². The molecule has 2 aromatic heterocycles. The van der Waals surface area contributed by atoms with Crippen LogP contribution in [0.3, 0.4) is 0 Å². The van der Waals surface area contributed by atoms with Crippen LogP contribution in [0.25, 0.3) is 11.0 Å². The molecule has 0 aliphatic carbocycles. The minimum atomic E-state index is -0.705. The quantitative estimate of drug-likeness (QED) is 0.699. The van der Waals surface area contributed by atoms with Gasteiger partial charge in [-0.25, -0.2) is 9.97 Å². The van der Waals surface area contributed by atoms with E-state index in [4.69, 9.17) is 10.5 Å². The Morgan fingerprint density at radius 2 is 2.26 bits per heavy atom. The predicted octanol–water partition coefficient (Wildman–Crippen LogP) is -0.0998. The summed E-state index contributed by atoms with van der Waals surface area (Å²) in [5.41, 5.74) is 7.09. The Balaban J connectivity index is 2.04. The first kappa shape index (κ1) is 12.3. The second-order valence-corrected chi connectivity index (χ2v) is 4.81. The molecule has 4 N–H and O–H groups in total. The van der Waals surface area contributed by atoms with Gasteiger partial charge in [0.2, 0.25) is 0 Å². The molecule has 0 spiro atoms. The monoisotopic (exact) mass is 264 g/mol. The van der Waals surface area contributed by atoms with Crippen molar-refractivity contribution in [1.29, 1.82) is 0 Å². The molecule has 1 saturated heterocycles. The van der Waals surface area contributed by atoms with Crippen LogP contribution in [0.15, 0.2) is 18.6 Å². The number of aromatic nitrogens is 3. The van der Waals surface area contributed by atoms with Crippen LogP contribution in [-0.4, -0.2) is 43.6 Å². The first-order chi connectivity index (χ1) is 9.13. The van der Waals surface area contributed by atoms with Crippen molar-refractivity contribution in [2.75, 3.05) is 12.3 Å². The number of fused-ring (bicyclic) bond motifs is 1. The standard InChI is InChI=1S/C12H16N4O3/c1-6-8(4-17)19-12(10(6)18)16-5-15-9-7(16)2-3-14-11(9)13/h2-3,5-6,8,10,12,17-18H,4H2,1H3,(H2,13,14)/t6-,8-,10-,12?/m1/s1. The largest absolute Gasteiger partial charge is 0.394 e. The highest BCUT2D eigenvalue weighted by Crippen LogP contribution is 2.35. The predicted molar refractivity (Wildman–Crippen MR) is 68.1 cm³/mol. The highest BCUT2D eigenvalue weighted by atomic mass is 16.5. The van der Waals surface area contributed by atoms with E-state index in [1.165, 1.54) is 0 Å². The van der Waals surface area contributed by atoms with E-state index in [9.17, 15) is 10.2 Å². The number of aliphatic hydroxyl groups excluding tert-OH is 2. The van der Waals surface area contributed by atoms with E-state index < -0.39 is 12.3 Å². The Labute approximate surface area is 109 Å². The van der Waals surface area contributed by atoms with E-state index >= 15 is 0 Å². The van der Waals surface area contributed by atoms with Crippen molar-refractivity contribution < 1.29 is 14.9 Å². The van der Waals surface area contributed by atoms with Gasteiger partial charge in [-0.15, -0.1) is 0 Å². The number of nitrogen functional groups attached to an aromatic ring is 1. The van der Waals surface area contributed by atoms with Crippen molar-refractivity contribution in [2.45, 2.75) is 25.4 Å². The SMILES string of the molecule is C[C@@H]1[C@@H](CO)OC(n2cnc3c(N)nccc32)[C@@H]1O. The lowest BCUT2D eigenvalue weighted by Crippen LogP contribution is -2.25. The molecule has 0 amide bonds. The summed E-state index contributed by atoms with van der Waals surface area (Å²) in [4.78, 5) is 8.17. The fourth-order valence-electron chi connectivity index (χ4n) is 2.49. The fourth-order valence-corrected chi connectivity index (χ4v) is 2.49. The van der Waals surface area contributed by atoms with Gasteiger partial charge >= 0.3 is 0 Å². The van der Waals surface area contributed by atoms with Gasteiger partial charge in [0.1, 0.15) is 11.6 Å². The van der Waals surface area contributed by atoms with Gasteiger partial charge in [-0.2, -0.15) is 0 Å². The maximum absolute atomic E-state index is 10.2. The van der Waals surface area contributed by atoms with Crippen molar-refractivity contribution in [3.8, 4) is 0 Å². The highest BCUT2D eigenvalue weighted by Gasteiger charge is 2.41. The summed E-state index contributed by atoms with van der Waals surface area (Å²) in [6.07, 6.45) is 1.51. The third-order valence-electron chi connectivity index (χ3n) is 3.71. The van der Waals surface area contributed by atoms with Gasteiger partial charge in [0, 0.05) is 12.1 Å². The molecule has 19 heavy (non-hydrogen) atoms. The first-order valence-electron chi connectivity index (χ1n) is 6.15. The maximum atomic E-state index is 10.2. The topological polar surface area (TPSA) is 106 Å². The molecule has 7 nitrogen and oxygen atoms in total. The van der Waals surface area contributed by atoms with E-state index in [2.05, 4.69) is 9.97 Å². The van der Waals surface area contributed by atoms with E-state index in [0.29, 0.717) is 11.3 Å². The Morgan fingerprint density at radius 3 is 2.95 bits per heavy atom. The Bertz CT molecular complexity index is 600. The second-order valence-electron chi connectivity index (χ2n) is 4.81. The molecular weight excluding hydrogens is 248 g/mol. The van der Waals surface area contributed by atoms with Crippen molar-refractivity contribution >= 4 is 16.9 Å². The number of aliphatic hydroxyl groups is 2. The smallest absolute Gasteiger partial charge is 0.162 e. The minimum Gasteiger partial charge on any atom is -0.394 e. The van der Waals surface area contributed by atoms with Crippen molar-refractivity contribution in [1.82, 2.24) is 14.5 Å². The number of pyridine rings is 1. The Kier molecular flexibility index (Phi) is 2.89. The van der Waals surface area contributed by atoms with E-state index in [0.717, 1.165) is 5.52 Å². The number of hydrogen-bond acceptors (Lipinski definition) is 6. The molecule has 102 valence electrons. The molecule has 7 heteroatoms. The van der Waals surface area contributed by atoms with Crippen LogP contribution >= 0.6 is 0 Å². The molecule has 1 aliphatic heterocycles. The number of hydrogen-bond donors (Lipinski definition) is 3. The maximum Gasteiger partial charge on any atom is 0.162 e. The summed E-state index contributed by atoms with van der Waals surface area (Å²) in [6.45, 7) is 1.73. The molecule has 0 aromatic carbocycles. The number of nitrogens with two attached hydrogens (primary N) is 1. The van der Waals surface area contributed by atoms with Gasteiger partial charge < -0.3 is 25.3 Å². The number of imidazole rings is 1. The number of ether oxygens (including phenoxy) is 1. The van der Waals surface area contributed by atoms with Crippen LogP contribution in [-0.2, 0) is 4.74 Å². The van der Waals surface area contributed by atoms with E-state index in [1.54, 1.807) is 23.2 Å². The third kappa shape index (κ3) is 1.78. The molecule has 3 rings (SSSR count). The van der Waals surface area contributed by atoms with Gasteiger partial charge in [-0.05, 0) is 6.07 Å². The summed E-state index contributed by atoms with van der Waals surface area (Å²) in [5, 5.41) is 19.5. The van der Waals surface area contributed by atoms with Crippen LogP contribution in [0.1, 0.15) is 13.2 Å². The molecule has 1 unspecified atom stereocenters. The van der Waals surface area contributed by atoms with Crippen LogP contribution in [0.5, 0.6) is 0 Å². The van der Waals surface area contributed by atoms with Crippen LogP contribution in [0.4, 0.5) is 5.82 Å². The average molecular weight is 264 g/mol. The average Bonchev–Trinajstić information content (AvgIpc) is 2.94. The summed E-state index contributed by atoms with van der Waals surface area (Å²) in [7, 11) is 0. The highest BCUT2D eigenvalue weighted by molar-refractivity contribution is 5.84. The van der Waals surface area contributed by atoms with E-state index in [1.807, 2.05) is 6.92 Å². The summed E-state index contributed by atoms with van der Waals surface area (Å²) < 4.78 is 7.42. The third-order valence-corrected chi connectivity index (χ3v) is 3.71. The Morgan fingerprint density at radius 1 is 1.47 bits per heavy atom. The van der Waals surface area contributed by atoms with Crippen molar-refractivity contribution in [2.24, 2.45) is 5.92 Å². The lowest BCUT2D eigenvalue weighted by atomic mass is 10.0. The lowest BCUT2D eigenvalue weighted by Gasteiger charge is -2.17. The van der Waals surface area contributed by atoms with Gasteiger partial charge in [0.25, 0.3) is 0 Å². The normalized spacial score (nSPS) is 31.1. The van der Waals surface area contributed by atoms with Crippen molar-refractivity contribution in [3.63, 3.8) is 0 Å². The van der Waals surface area contributed by atoms with Gasteiger partial charge in [-0.1, -0.05) is 6.92 Å². The number of anilines is 1. The van der Waals surface area contributed by atoms with Gasteiger partial charge in [0.15, 0.2) is 12.0 Å². The molecule has 1 fully saturated rings. The summed E-state index contributed by atoms with van der Waals surface area (Å²) in [5.74, 6) is 0.196. The lowest BCUT2D eigenvalue weighted by molar-refractivity contribution is -0.0489. The molecule has 1 aliphatic rings. The number of nitrogens with zero attached hydrogens (tertiary/aromatic N) is 3. The number of rotatable bonds is 2. The summed E-state index contributed by atoms with van der Waals surface area (Å²) >= 11 is 0. The molecular formula is C12H16N4O3. The molecule has 0 saturated carbocycles. The molecule has 0 radical (unpaired) electrons. The molecule has 3 heterocycles. The molecule has 2 aromatic rings. The van der Waals surface area contributed by atoms with Crippen LogP contribution in [0, 0.1) is 5.92 Å². The molecule has 4 atom stereocenters. The molecule has 0 bridgehead atoms. The minimum absolute atomic E-state index is 0.120. The van der Waals surface area contributed by atoms with Crippen LogP contribution in [0.2, 0.25) is 0 Å². The fraction of sp³-hybridized carbons (Fsp3) is 0.500. The first-order valence-corrected chi connectivity index (χ1v) is 6.15. The van der Waals surface area contributed by atoms with Gasteiger partial charge in [0.05, 0.1) is 24.6 Å². The zero-order valence-electron chi connectivity index (χ0n) is 10.5. The zero-order valence-corrected chi connectivity index (χ0v) is 10.5. The Hall–Kier alpha value is -1.70. The summed E-state index contributed by atoms with van der Waals surface area (Å²) in [6, 6.07) is 1.77. The second kappa shape index (κ2) is 4.44. The zero-order chi connectivity index (χ0) is 13.6. The van der Waals surface area contributed by atoms with Crippen molar-refractivity contribution in [3.05, 3.63) is 18.6 Å². The van der Waals surface area contributed by atoms with Crippen LogP contribution < -0.4 is 5.73 Å². The van der Waals surface area contributed by atoms with Gasteiger partial charge in [-0.3, -0.25) is 0 Å².